The smallest absolute Gasteiger partial charge is 0.223 e. The fraction of sp³-hybridized carbons (Fsp3) is 0.923. The summed E-state index contributed by atoms with van der Waals surface area (Å²) in [5, 5.41) is 6.66. The van der Waals surface area contributed by atoms with Gasteiger partial charge in [0.15, 0.2) is 0 Å². The van der Waals surface area contributed by atoms with E-state index in [0.717, 1.165) is 58.7 Å². The molecule has 0 bridgehead atoms. The molecular formula is C13H23N3O2. The van der Waals surface area contributed by atoms with E-state index in [1.165, 1.54) is 0 Å². The van der Waals surface area contributed by atoms with E-state index in [0.29, 0.717) is 12.1 Å². The minimum atomic E-state index is 0.175. The lowest BCUT2D eigenvalue weighted by Gasteiger charge is -2.29. The van der Waals surface area contributed by atoms with Crippen molar-refractivity contribution in [3.8, 4) is 0 Å². The van der Waals surface area contributed by atoms with Crippen molar-refractivity contribution in [2.45, 2.75) is 31.3 Å². The Labute approximate surface area is 108 Å². The molecule has 3 aliphatic rings. The second kappa shape index (κ2) is 5.55. The molecule has 0 aromatic carbocycles. The Kier molecular flexibility index (Phi) is 3.82. The van der Waals surface area contributed by atoms with Crippen molar-refractivity contribution in [3.63, 3.8) is 0 Å². The van der Waals surface area contributed by atoms with Crippen molar-refractivity contribution in [2.24, 2.45) is 5.92 Å². The number of rotatable bonds is 2. The number of carbonyl (C=O) groups is 1. The first-order valence-corrected chi connectivity index (χ1v) is 7.16. The Morgan fingerprint density at radius 2 is 2.17 bits per heavy atom. The first-order chi connectivity index (χ1) is 8.83. The van der Waals surface area contributed by atoms with E-state index in [-0.39, 0.29) is 11.8 Å². The average molecular weight is 253 g/mol. The standard InChI is InChI=1S/C13H23N3O2/c17-13(10-1-5-18-6-2-10)15-11-7-12-8-14-3-4-16(12)9-11/h10-12,14H,1-9H2,(H,15,17)/t11-,12-/m1/s1. The molecule has 18 heavy (non-hydrogen) atoms. The molecule has 0 saturated carbocycles. The van der Waals surface area contributed by atoms with Crippen LogP contribution in [-0.4, -0.2) is 62.3 Å². The van der Waals surface area contributed by atoms with Crippen LogP contribution in [0.1, 0.15) is 19.3 Å². The highest BCUT2D eigenvalue weighted by Gasteiger charge is 2.35. The number of ether oxygens (including phenoxy) is 1. The van der Waals surface area contributed by atoms with Crippen molar-refractivity contribution in [1.82, 2.24) is 15.5 Å². The Morgan fingerprint density at radius 1 is 1.33 bits per heavy atom. The number of amides is 1. The largest absolute Gasteiger partial charge is 0.381 e. The molecule has 0 radical (unpaired) electrons. The summed E-state index contributed by atoms with van der Waals surface area (Å²) < 4.78 is 5.30. The first-order valence-electron chi connectivity index (χ1n) is 7.16. The summed E-state index contributed by atoms with van der Waals surface area (Å²) in [5.74, 6) is 0.422. The highest BCUT2D eigenvalue weighted by atomic mass is 16.5. The van der Waals surface area contributed by atoms with Gasteiger partial charge in [-0.25, -0.2) is 0 Å². The Morgan fingerprint density at radius 3 is 2.94 bits per heavy atom. The molecule has 3 heterocycles. The third-order valence-electron chi connectivity index (χ3n) is 4.42. The summed E-state index contributed by atoms with van der Waals surface area (Å²) in [6.45, 7) is 5.78. The van der Waals surface area contributed by atoms with Gasteiger partial charge >= 0.3 is 0 Å². The van der Waals surface area contributed by atoms with Crippen LogP contribution in [0.4, 0.5) is 0 Å². The van der Waals surface area contributed by atoms with E-state index in [2.05, 4.69) is 15.5 Å². The molecule has 0 unspecified atom stereocenters. The normalized spacial score (nSPS) is 34.2. The molecule has 1 amide bonds. The first kappa shape index (κ1) is 12.4. The van der Waals surface area contributed by atoms with Gasteiger partial charge < -0.3 is 15.4 Å². The van der Waals surface area contributed by atoms with Gasteiger partial charge in [-0.05, 0) is 19.3 Å². The molecule has 102 valence electrons. The fourth-order valence-corrected chi connectivity index (χ4v) is 3.35. The van der Waals surface area contributed by atoms with Crippen molar-refractivity contribution in [2.75, 3.05) is 39.4 Å². The second-order valence-electron chi connectivity index (χ2n) is 5.68. The minimum absolute atomic E-state index is 0.175. The number of piperazine rings is 1. The molecule has 3 saturated heterocycles. The third-order valence-corrected chi connectivity index (χ3v) is 4.42. The molecular weight excluding hydrogens is 230 g/mol. The Bertz CT molecular complexity index is 291. The van der Waals surface area contributed by atoms with Crippen molar-refractivity contribution >= 4 is 5.91 Å². The van der Waals surface area contributed by atoms with Crippen LogP contribution in [0.2, 0.25) is 0 Å². The molecule has 5 nitrogen and oxygen atoms in total. The molecule has 0 spiro atoms. The summed E-state index contributed by atoms with van der Waals surface area (Å²) >= 11 is 0. The van der Waals surface area contributed by atoms with Crippen LogP contribution in [-0.2, 0) is 9.53 Å². The molecule has 0 aromatic heterocycles. The predicted octanol–water partition coefficient (Wildman–Crippen LogP) is -0.425. The number of carbonyl (C=O) groups excluding carboxylic acids is 1. The highest BCUT2D eigenvalue weighted by Crippen LogP contribution is 2.20. The predicted molar refractivity (Wildman–Crippen MR) is 68.3 cm³/mol. The van der Waals surface area contributed by atoms with Gasteiger partial charge in [-0.15, -0.1) is 0 Å². The maximum Gasteiger partial charge on any atom is 0.223 e. The van der Waals surface area contributed by atoms with Gasteiger partial charge in [0.2, 0.25) is 5.91 Å². The van der Waals surface area contributed by atoms with E-state index < -0.39 is 0 Å². The van der Waals surface area contributed by atoms with Gasteiger partial charge in [-0.2, -0.15) is 0 Å². The topological polar surface area (TPSA) is 53.6 Å². The van der Waals surface area contributed by atoms with Crippen LogP contribution in [0.15, 0.2) is 0 Å². The number of hydrogen-bond donors (Lipinski definition) is 2. The Balaban J connectivity index is 1.49. The zero-order chi connectivity index (χ0) is 12.4. The lowest BCUT2D eigenvalue weighted by molar-refractivity contribution is -0.128. The molecule has 3 rings (SSSR count). The van der Waals surface area contributed by atoms with Crippen LogP contribution in [0, 0.1) is 5.92 Å². The fourth-order valence-electron chi connectivity index (χ4n) is 3.35. The minimum Gasteiger partial charge on any atom is -0.381 e. The lowest BCUT2D eigenvalue weighted by Crippen LogP contribution is -2.47. The van der Waals surface area contributed by atoms with Gasteiger partial charge in [0.25, 0.3) is 0 Å². The summed E-state index contributed by atoms with van der Waals surface area (Å²) in [6.07, 6.45) is 2.86. The molecule has 5 heteroatoms. The van der Waals surface area contributed by atoms with Crippen molar-refractivity contribution in [3.05, 3.63) is 0 Å². The van der Waals surface area contributed by atoms with E-state index in [1.54, 1.807) is 0 Å². The monoisotopic (exact) mass is 253 g/mol. The summed E-state index contributed by atoms with van der Waals surface area (Å²) in [6, 6.07) is 0.976. The van der Waals surface area contributed by atoms with Gasteiger partial charge in [0.05, 0.1) is 0 Å². The molecule has 0 aliphatic carbocycles. The summed E-state index contributed by atoms with van der Waals surface area (Å²) in [5.41, 5.74) is 0. The molecule has 3 aliphatic heterocycles. The number of fused-ring (bicyclic) bond motifs is 1. The lowest BCUT2D eigenvalue weighted by atomic mass is 9.99. The maximum atomic E-state index is 12.2. The van der Waals surface area contributed by atoms with Crippen molar-refractivity contribution in [1.29, 1.82) is 0 Å². The SMILES string of the molecule is O=C(N[C@@H]1C[C@@H]2CNCCN2C1)C1CCOCC1. The second-order valence-corrected chi connectivity index (χ2v) is 5.68. The quantitative estimate of drug-likeness (QED) is 0.701. The molecule has 0 aromatic rings. The van der Waals surface area contributed by atoms with E-state index in [9.17, 15) is 4.79 Å². The summed E-state index contributed by atoms with van der Waals surface area (Å²) in [7, 11) is 0. The average Bonchev–Trinajstić information content (AvgIpc) is 2.82. The summed E-state index contributed by atoms with van der Waals surface area (Å²) in [4.78, 5) is 14.7. The van der Waals surface area contributed by atoms with Gasteiger partial charge in [0.1, 0.15) is 0 Å². The number of hydrogen-bond acceptors (Lipinski definition) is 4. The van der Waals surface area contributed by atoms with Crippen LogP contribution < -0.4 is 10.6 Å². The van der Waals surface area contributed by atoms with Gasteiger partial charge in [-0.3, -0.25) is 9.69 Å². The van der Waals surface area contributed by atoms with Crippen molar-refractivity contribution < 1.29 is 9.53 Å². The van der Waals surface area contributed by atoms with E-state index in [1.807, 2.05) is 0 Å². The van der Waals surface area contributed by atoms with Crippen LogP contribution in [0.5, 0.6) is 0 Å². The molecule has 3 fully saturated rings. The molecule has 2 N–H and O–H groups in total. The number of nitrogens with zero attached hydrogens (tertiary/aromatic N) is 1. The van der Waals surface area contributed by atoms with Crippen LogP contribution >= 0.6 is 0 Å². The van der Waals surface area contributed by atoms with E-state index >= 15 is 0 Å². The maximum absolute atomic E-state index is 12.2. The van der Waals surface area contributed by atoms with Gasteiger partial charge in [-0.1, -0.05) is 0 Å². The third kappa shape index (κ3) is 2.68. The van der Waals surface area contributed by atoms with Gasteiger partial charge in [0, 0.05) is 57.4 Å². The zero-order valence-electron chi connectivity index (χ0n) is 10.9. The van der Waals surface area contributed by atoms with Crippen LogP contribution in [0.25, 0.3) is 0 Å². The van der Waals surface area contributed by atoms with Crippen LogP contribution in [0.3, 0.4) is 0 Å². The number of nitrogens with one attached hydrogen (secondary N) is 2. The molecule has 2 atom stereocenters. The zero-order valence-corrected chi connectivity index (χ0v) is 10.9. The Hall–Kier alpha value is -0.650. The highest BCUT2D eigenvalue weighted by molar-refractivity contribution is 5.79. The van der Waals surface area contributed by atoms with E-state index in [4.69, 9.17) is 4.74 Å².